The van der Waals surface area contributed by atoms with Crippen LogP contribution in [0.15, 0.2) is 30.6 Å². The van der Waals surface area contributed by atoms with Crippen LogP contribution in [-0.2, 0) is 5.41 Å². The van der Waals surface area contributed by atoms with Crippen LogP contribution in [0.2, 0.25) is 0 Å². The number of aromatic nitrogens is 3. The summed E-state index contributed by atoms with van der Waals surface area (Å²) in [5, 5.41) is 9.29. The molecule has 0 aliphatic rings. The lowest BCUT2D eigenvalue weighted by atomic mass is 9.95. The third-order valence-electron chi connectivity index (χ3n) is 2.80. The maximum atomic E-state index is 12.3. The van der Waals surface area contributed by atoms with Crippen molar-refractivity contribution in [1.82, 2.24) is 15.0 Å². The van der Waals surface area contributed by atoms with Crippen LogP contribution >= 0.6 is 0 Å². The number of hydrogen-bond acceptors (Lipinski definition) is 5. The molecule has 6 nitrogen and oxygen atoms in total. The molecular weight excluding hydrogens is 270 g/mol. The molecule has 6 heteroatoms. The van der Waals surface area contributed by atoms with Crippen LogP contribution in [-0.4, -0.2) is 31.8 Å². The van der Waals surface area contributed by atoms with Gasteiger partial charge in [-0.3, -0.25) is 9.78 Å². The predicted octanol–water partition coefficient (Wildman–Crippen LogP) is 2.10. The summed E-state index contributed by atoms with van der Waals surface area (Å²) in [7, 11) is 0. The van der Waals surface area contributed by atoms with Gasteiger partial charge in [-0.25, -0.2) is 14.8 Å². The summed E-state index contributed by atoms with van der Waals surface area (Å²) in [5.74, 6) is -1.40. The van der Waals surface area contributed by atoms with Gasteiger partial charge in [-0.05, 0) is 12.1 Å². The van der Waals surface area contributed by atoms with Gasteiger partial charge >= 0.3 is 5.97 Å². The van der Waals surface area contributed by atoms with Crippen LogP contribution < -0.4 is 0 Å². The zero-order valence-corrected chi connectivity index (χ0v) is 12.0. The third kappa shape index (κ3) is 3.10. The summed E-state index contributed by atoms with van der Waals surface area (Å²) < 4.78 is 0. The molecule has 0 aromatic carbocycles. The van der Waals surface area contributed by atoms with E-state index in [2.05, 4.69) is 15.0 Å². The molecule has 2 heterocycles. The normalized spacial score (nSPS) is 11.2. The number of nitrogens with zero attached hydrogens (tertiary/aromatic N) is 3. The Kier molecular flexibility index (Phi) is 3.80. The molecule has 0 bridgehead atoms. The standard InChI is InChI=1S/C15H15N3O3/c1-15(2,3)14-17-8-9(11(18-14)13(20)21)12(19)10-6-4-5-7-16-10/h4-8H,1-3H3,(H,20,21). The quantitative estimate of drug-likeness (QED) is 0.868. The Hall–Kier alpha value is -2.63. The fourth-order valence-corrected chi connectivity index (χ4v) is 1.71. The van der Waals surface area contributed by atoms with Crippen molar-refractivity contribution in [3.8, 4) is 0 Å². The molecule has 0 atom stereocenters. The molecule has 0 aliphatic heterocycles. The van der Waals surface area contributed by atoms with Crippen molar-refractivity contribution in [1.29, 1.82) is 0 Å². The summed E-state index contributed by atoms with van der Waals surface area (Å²) in [6.45, 7) is 5.61. The van der Waals surface area contributed by atoms with E-state index >= 15 is 0 Å². The van der Waals surface area contributed by atoms with E-state index in [1.54, 1.807) is 12.1 Å². The first-order chi connectivity index (χ1) is 9.80. The van der Waals surface area contributed by atoms with E-state index in [4.69, 9.17) is 0 Å². The van der Waals surface area contributed by atoms with Crippen LogP contribution in [0.1, 0.15) is 53.1 Å². The Morgan fingerprint density at radius 2 is 1.86 bits per heavy atom. The van der Waals surface area contributed by atoms with Gasteiger partial charge in [0, 0.05) is 17.8 Å². The maximum absolute atomic E-state index is 12.3. The third-order valence-corrected chi connectivity index (χ3v) is 2.80. The van der Waals surface area contributed by atoms with E-state index in [1.807, 2.05) is 20.8 Å². The van der Waals surface area contributed by atoms with Gasteiger partial charge in [-0.1, -0.05) is 26.8 Å². The van der Waals surface area contributed by atoms with Gasteiger partial charge < -0.3 is 5.11 Å². The molecule has 1 N–H and O–H groups in total. The highest BCUT2D eigenvalue weighted by atomic mass is 16.4. The first-order valence-corrected chi connectivity index (χ1v) is 6.37. The molecule has 2 aromatic rings. The Balaban J connectivity index is 2.54. The van der Waals surface area contributed by atoms with E-state index in [1.165, 1.54) is 18.5 Å². The first-order valence-electron chi connectivity index (χ1n) is 6.37. The minimum absolute atomic E-state index is 0.0609. The molecule has 2 rings (SSSR count). The Morgan fingerprint density at radius 3 is 2.38 bits per heavy atom. The Morgan fingerprint density at radius 1 is 1.14 bits per heavy atom. The molecule has 2 aromatic heterocycles. The minimum Gasteiger partial charge on any atom is -0.476 e. The zero-order chi connectivity index (χ0) is 15.6. The molecule has 0 saturated carbocycles. The van der Waals surface area contributed by atoms with E-state index < -0.39 is 17.2 Å². The molecule has 0 amide bonds. The van der Waals surface area contributed by atoms with Crippen molar-refractivity contribution in [3.05, 3.63) is 53.4 Å². The monoisotopic (exact) mass is 285 g/mol. The molecular formula is C15H15N3O3. The number of rotatable bonds is 3. The van der Waals surface area contributed by atoms with Crippen LogP contribution in [0.25, 0.3) is 0 Å². The number of ketones is 1. The second kappa shape index (κ2) is 5.40. The highest BCUT2D eigenvalue weighted by Gasteiger charge is 2.25. The molecule has 0 spiro atoms. The number of carbonyl (C=O) groups is 2. The largest absolute Gasteiger partial charge is 0.476 e. The average Bonchev–Trinajstić information content (AvgIpc) is 2.45. The van der Waals surface area contributed by atoms with Crippen molar-refractivity contribution in [2.24, 2.45) is 0 Å². The summed E-state index contributed by atoms with van der Waals surface area (Å²) in [6, 6.07) is 4.85. The van der Waals surface area contributed by atoms with Gasteiger partial charge in [0.15, 0.2) is 5.69 Å². The van der Waals surface area contributed by atoms with Crippen molar-refractivity contribution >= 4 is 11.8 Å². The lowest BCUT2D eigenvalue weighted by Gasteiger charge is -2.17. The summed E-state index contributed by atoms with van der Waals surface area (Å²) in [5.41, 5.74) is -0.608. The van der Waals surface area contributed by atoms with E-state index in [0.717, 1.165) is 0 Å². The second-order valence-electron chi connectivity index (χ2n) is 5.56. The van der Waals surface area contributed by atoms with E-state index in [9.17, 15) is 14.7 Å². The van der Waals surface area contributed by atoms with Crippen LogP contribution in [0.5, 0.6) is 0 Å². The highest BCUT2D eigenvalue weighted by Crippen LogP contribution is 2.20. The lowest BCUT2D eigenvalue weighted by molar-refractivity contribution is 0.0685. The van der Waals surface area contributed by atoms with Gasteiger partial charge in [-0.15, -0.1) is 0 Å². The number of aromatic carboxylic acids is 1. The number of pyridine rings is 1. The van der Waals surface area contributed by atoms with Gasteiger partial charge in [0.2, 0.25) is 5.78 Å². The second-order valence-corrected chi connectivity index (χ2v) is 5.56. The SMILES string of the molecule is CC(C)(C)c1ncc(C(=O)c2ccccn2)c(C(=O)O)n1. The van der Waals surface area contributed by atoms with Gasteiger partial charge in [-0.2, -0.15) is 0 Å². The molecule has 0 aliphatic carbocycles. The molecule has 0 radical (unpaired) electrons. The smallest absolute Gasteiger partial charge is 0.355 e. The minimum atomic E-state index is -1.26. The number of carbonyl (C=O) groups excluding carboxylic acids is 1. The van der Waals surface area contributed by atoms with E-state index in [-0.39, 0.29) is 17.0 Å². The number of carboxylic acid groups (broad SMARTS) is 1. The number of carboxylic acids is 1. The van der Waals surface area contributed by atoms with Crippen LogP contribution in [0.3, 0.4) is 0 Å². The van der Waals surface area contributed by atoms with Crippen LogP contribution in [0.4, 0.5) is 0 Å². The molecule has 0 unspecified atom stereocenters. The number of hydrogen-bond donors (Lipinski definition) is 1. The average molecular weight is 285 g/mol. The van der Waals surface area contributed by atoms with Crippen LogP contribution in [0, 0.1) is 0 Å². The van der Waals surface area contributed by atoms with E-state index in [0.29, 0.717) is 5.82 Å². The van der Waals surface area contributed by atoms with Crippen molar-refractivity contribution < 1.29 is 14.7 Å². The summed E-state index contributed by atoms with van der Waals surface area (Å²) in [4.78, 5) is 35.8. The summed E-state index contributed by atoms with van der Waals surface area (Å²) >= 11 is 0. The summed E-state index contributed by atoms with van der Waals surface area (Å²) in [6.07, 6.45) is 2.73. The zero-order valence-electron chi connectivity index (χ0n) is 12.0. The highest BCUT2D eigenvalue weighted by molar-refractivity contribution is 6.12. The van der Waals surface area contributed by atoms with Crippen molar-refractivity contribution in [2.75, 3.05) is 0 Å². The molecule has 21 heavy (non-hydrogen) atoms. The molecule has 0 saturated heterocycles. The topological polar surface area (TPSA) is 93.0 Å². The molecule has 0 fully saturated rings. The van der Waals surface area contributed by atoms with Gasteiger partial charge in [0.05, 0.1) is 5.56 Å². The molecule has 108 valence electrons. The maximum Gasteiger partial charge on any atom is 0.355 e. The predicted molar refractivity (Wildman–Crippen MR) is 75.4 cm³/mol. The van der Waals surface area contributed by atoms with Gasteiger partial charge in [0.1, 0.15) is 11.5 Å². The lowest BCUT2D eigenvalue weighted by Crippen LogP contribution is -2.21. The first kappa shape index (κ1) is 14.8. The fourth-order valence-electron chi connectivity index (χ4n) is 1.71. The fraction of sp³-hybridized carbons (Fsp3) is 0.267. The van der Waals surface area contributed by atoms with Gasteiger partial charge in [0.25, 0.3) is 0 Å². The Bertz CT molecular complexity index is 691. The van der Waals surface area contributed by atoms with Crippen molar-refractivity contribution in [3.63, 3.8) is 0 Å². The van der Waals surface area contributed by atoms with Crippen molar-refractivity contribution in [2.45, 2.75) is 26.2 Å². The Labute approximate surface area is 121 Å².